The van der Waals surface area contributed by atoms with Crippen LogP contribution in [0.2, 0.25) is 0 Å². The number of fused-ring (bicyclic) bond motifs is 1. The topological polar surface area (TPSA) is 189 Å². The number of amides is 6. The Kier molecular flexibility index (Phi) is 14.3. The van der Waals surface area contributed by atoms with Crippen LogP contribution in [0.3, 0.4) is 0 Å². The molecule has 334 valence electrons. The van der Waals surface area contributed by atoms with Gasteiger partial charge in [0.25, 0.3) is 11.8 Å². The number of carbonyl (C=O) groups is 6. The van der Waals surface area contributed by atoms with Crippen LogP contribution in [0.4, 0.5) is 21.0 Å². The average molecular weight is 936 g/mol. The van der Waals surface area contributed by atoms with E-state index in [1.54, 1.807) is 119 Å². The van der Waals surface area contributed by atoms with Gasteiger partial charge in [-0.3, -0.25) is 19.2 Å². The van der Waals surface area contributed by atoms with Gasteiger partial charge < -0.3 is 45.0 Å². The lowest BCUT2D eigenvalue weighted by Gasteiger charge is -2.29. The van der Waals surface area contributed by atoms with Crippen LogP contribution < -0.4 is 21.3 Å². The number of halogens is 1. The lowest BCUT2D eigenvalue weighted by Crippen LogP contribution is -2.48. The van der Waals surface area contributed by atoms with Crippen molar-refractivity contribution in [1.82, 2.24) is 20.4 Å². The van der Waals surface area contributed by atoms with Crippen LogP contribution in [-0.2, 0) is 28.7 Å². The summed E-state index contributed by atoms with van der Waals surface area (Å²) in [6.45, 7) is 7.59. The molecule has 4 N–H and O–H groups in total. The lowest BCUT2D eigenvalue weighted by molar-refractivity contribution is -0.138. The highest BCUT2D eigenvalue weighted by Crippen LogP contribution is 2.39. The molecule has 4 atom stereocenters. The van der Waals surface area contributed by atoms with E-state index < -0.39 is 48.2 Å². The highest BCUT2D eigenvalue weighted by atomic mass is 79.9. The molecule has 4 aromatic carbocycles. The SMILES string of the molecule is CC(C)OC(=O)NC(C(=O)N1CCC[C@H]1C(=O)Nc1ccc(-c2oc3ccc(NC(=O)[C@@H]4CCCN4C(=O)C(NC(=O)OC(C)C)c4ccccc4)cc3c2Br)cc1)c1ccccc1. The molecule has 0 aliphatic carbocycles. The molecule has 0 radical (unpaired) electrons. The predicted molar refractivity (Wildman–Crippen MR) is 244 cm³/mol. The van der Waals surface area contributed by atoms with E-state index in [-0.39, 0.29) is 24.0 Å². The molecule has 7 rings (SSSR count). The quantitative estimate of drug-likeness (QED) is 0.0898. The molecule has 2 saturated heterocycles. The van der Waals surface area contributed by atoms with E-state index in [1.807, 2.05) is 12.1 Å². The first-order valence-electron chi connectivity index (χ1n) is 21.4. The Morgan fingerprint density at radius 3 is 1.55 bits per heavy atom. The third kappa shape index (κ3) is 10.6. The fourth-order valence-corrected chi connectivity index (χ4v) is 8.64. The number of nitrogens with zero attached hydrogens (tertiary/aromatic N) is 2. The van der Waals surface area contributed by atoms with Gasteiger partial charge in [-0.2, -0.15) is 0 Å². The van der Waals surface area contributed by atoms with Crippen molar-refractivity contribution < 1.29 is 42.7 Å². The van der Waals surface area contributed by atoms with Crippen LogP contribution in [0.5, 0.6) is 0 Å². The van der Waals surface area contributed by atoms with E-state index >= 15 is 0 Å². The molecular formula is C48H51BrN6O9. The second-order valence-electron chi connectivity index (χ2n) is 16.3. The maximum atomic E-state index is 14.0. The maximum absolute atomic E-state index is 14.0. The zero-order valence-corrected chi connectivity index (χ0v) is 37.6. The highest BCUT2D eigenvalue weighted by Gasteiger charge is 2.40. The average Bonchev–Trinajstić information content (AvgIpc) is 4.05. The molecule has 2 unspecified atom stereocenters. The first-order valence-corrected chi connectivity index (χ1v) is 22.2. The van der Waals surface area contributed by atoms with E-state index in [1.165, 1.54) is 9.80 Å². The molecule has 1 aromatic heterocycles. The van der Waals surface area contributed by atoms with Crippen LogP contribution in [0, 0.1) is 0 Å². The molecule has 0 bridgehead atoms. The summed E-state index contributed by atoms with van der Waals surface area (Å²) in [6.07, 6.45) is -0.0695. The zero-order valence-electron chi connectivity index (χ0n) is 36.0. The Bertz CT molecular complexity index is 2500. The number of nitrogens with one attached hydrogen (secondary N) is 4. The van der Waals surface area contributed by atoms with Crippen molar-refractivity contribution in [1.29, 1.82) is 0 Å². The second-order valence-corrected chi connectivity index (χ2v) is 17.1. The summed E-state index contributed by atoms with van der Waals surface area (Å²) in [7, 11) is 0. The minimum absolute atomic E-state index is 0.348. The van der Waals surface area contributed by atoms with Crippen molar-refractivity contribution >= 4 is 74.1 Å². The number of carbonyl (C=O) groups excluding carboxylic acids is 6. The number of anilines is 2. The van der Waals surface area contributed by atoms with Gasteiger partial charge in [0.05, 0.1) is 16.7 Å². The summed E-state index contributed by atoms with van der Waals surface area (Å²) in [5, 5.41) is 12.0. The maximum Gasteiger partial charge on any atom is 0.408 e. The van der Waals surface area contributed by atoms with Gasteiger partial charge >= 0.3 is 12.2 Å². The van der Waals surface area contributed by atoms with Crippen molar-refractivity contribution in [3.05, 3.63) is 119 Å². The van der Waals surface area contributed by atoms with E-state index in [0.717, 1.165) is 0 Å². The second kappa shape index (κ2) is 20.2. The number of alkyl carbamates (subject to hydrolysis) is 2. The summed E-state index contributed by atoms with van der Waals surface area (Å²) in [5.74, 6) is -0.986. The summed E-state index contributed by atoms with van der Waals surface area (Å²) < 4.78 is 17.4. The van der Waals surface area contributed by atoms with Gasteiger partial charge in [0, 0.05) is 35.4 Å². The van der Waals surface area contributed by atoms with Gasteiger partial charge in [-0.15, -0.1) is 0 Å². The molecule has 0 saturated carbocycles. The monoisotopic (exact) mass is 934 g/mol. The standard InChI is InChI=1S/C48H51BrN6O9/c1-28(2)62-47(60)52-40(30-13-7-5-8-14-30)45(58)54-25-11-17-36(54)43(56)50-33-21-19-32(20-22-33)42-39(49)35-27-34(23-24-38(35)64-42)51-44(57)37-18-12-26-55(37)46(59)41(31-15-9-6-10-16-31)53-48(61)63-29(3)4/h5-10,13-16,19-24,27-29,36-37,40-41H,11-12,17-18,25-26H2,1-4H3,(H,50,56)(H,51,57)(H,52,60)(H,53,61)/t36-,37-,40?,41?/m0/s1. The van der Waals surface area contributed by atoms with E-state index in [0.29, 0.717) is 88.0 Å². The van der Waals surface area contributed by atoms with Gasteiger partial charge in [0.2, 0.25) is 11.8 Å². The van der Waals surface area contributed by atoms with Crippen LogP contribution in [0.25, 0.3) is 22.3 Å². The summed E-state index contributed by atoms with van der Waals surface area (Å²) >= 11 is 3.69. The fourth-order valence-electron chi connectivity index (χ4n) is 8.02. The number of furan rings is 1. The Hall–Kier alpha value is -6.68. The molecule has 64 heavy (non-hydrogen) atoms. The third-order valence-corrected chi connectivity index (χ3v) is 11.7. The number of likely N-dealkylation sites (tertiary alicyclic amines) is 2. The van der Waals surface area contributed by atoms with Gasteiger partial charge in [0.15, 0.2) is 0 Å². The van der Waals surface area contributed by atoms with Crippen LogP contribution in [0.15, 0.2) is 112 Å². The molecule has 15 nitrogen and oxygen atoms in total. The normalized spacial score (nSPS) is 16.9. The van der Waals surface area contributed by atoms with E-state index in [9.17, 15) is 28.8 Å². The Morgan fingerprint density at radius 2 is 1.08 bits per heavy atom. The highest BCUT2D eigenvalue weighted by molar-refractivity contribution is 9.10. The van der Waals surface area contributed by atoms with Gasteiger partial charge in [-0.05, 0) is 123 Å². The van der Waals surface area contributed by atoms with Crippen molar-refractivity contribution in [2.45, 2.75) is 89.8 Å². The number of hydrogen-bond donors (Lipinski definition) is 4. The first kappa shape index (κ1) is 45.3. The Morgan fingerprint density at radius 1 is 0.625 bits per heavy atom. The minimum Gasteiger partial charge on any atom is -0.455 e. The first-order chi connectivity index (χ1) is 30.8. The molecule has 2 aliphatic rings. The molecule has 2 fully saturated rings. The van der Waals surface area contributed by atoms with Gasteiger partial charge in [-0.1, -0.05) is 60.7 Å². The minimum atomic E-state index is -1.04. The Labute approximate surface area is 379 Å². The summed E-state index contributed by atoms with van der Waals surface area (Å²) in [6, 6.07) is 26.5. The number of benzene rings is 4. The van der Waals surface area contributed by atoms with Crippen LogP contribution >= 0.6 is 15.9 Å². The summed E-state index contributed by atoms with van der Waals surface area (Å²) in [5.41, 5.74) is 3.45. The van der Waals surface area contributed by atoms with Gasteiger partial charge in [0.1, 0.15) is 35.5 Å². The molecule has 16 heteroatoms. The zero-order chi connectivity index (χ0) is 45.5. The predicted octanol–water partition coefficient (Wildman–Crippen LogP) is 8.47. The van der Waals surface area contributed by atoms with E-state index in [4.69, 9.17) is 13.9 Å². The lowest BCUT2D eigenvalue weighted by atomic mass is 10.0. The third-order valence-electron chi connectivity index (χ3n) is 11.0. The molecular weight excluding hydrogens is 884 g/mol. The van der Waals surface area contributed by atoms with E-state index in [2.05, 4.69) is 37.2 Å². The van der Waals surface area contributed by atoms with Crippen molar-refractivity contribution in [3.8, 4) is 11.3 Å². The van der Waals surface area contributed by atoms with Crippen molar-refractivity contribution in [3.63, 3.8) is 0 Å². The van der Waals surface area contributed by atoms with Crippen molar-refractivity contribution in [2.24, 2.45) is 0 Å². The number of ether oxygens (including phenoxy) is 2. The largest absolute Gasteiger partial charge is 0.455 e. The fraction of sp³-hybridized carbons (Fsp3) is 0.333. The van der Waals surface area contributed by atoms with Crippen molar-refractivity contribution in [2.75, 3.05) is 23.7 Å². The Balaban J connectivity index is 1.01. The van der Waals surface area contributed by atoms with Gasteiger partial charge in [-0.25, -0.2) is 9.59 Å². The van der Waals surface area contributed by atoms with Crippen LogP contribution in [-0.4, -0.2) is 83.0 Å². The molecule has 2 aliphatic heterocycles. The molecule has 3 heterocycles. The molecule has 0 spiro atoms. The smallest absolute Gasteiger partial charge is 0.408 e. The number of hydrogen-bond acceptors (Lipinski definition) is 9. The molecule has 6 amide bonds. The van der Waals surface area contributed by atoms with Crippen LogP contribution in [0.1, 0.15) is 76.6 Å². The summed E-state index contributed by atoms with van der Waals surface area (Å²) in [4.78, 5) is 83.7. The number of rotatable bonds is 13. The molecule has 5 aromatic rings.